The minimum Gasteiger partial charge on any atom is -0.165 e. The van der Waals surface area contributed by atoms with E-state index in [-0.39, 0.29) is 0 Å². The van der Waals surface area contributed by atoms with E-state index in [2.05, 4.69) is 30.5 Å². The van der Waals surface area contributed by atoms with E-state index in [4.69, 9.17) is 11.6 Å². The van der Waals surface area contributed by atoms with Gasteiger partial charge in [0.25, 0.3) is 0 Å². The van der Waals surface area contributed by atoms with Gasteiger partial charge in [-0.3, -0.25) is 0 Å². The molecular weight excluding hydrogens is 220 g/mol. The first-order valence-corrected chi connectivity index (χ1v) is 7.05. The zero-order valence-electron chi connectivity index (χ0n) is 7.63. The first-order valence-electron chi connectivity index (χ1n) is 4.13. The molecule has 0 unspecified atom stereocenters. The highest BCUT2D eigenvalue weighted by Gasteiger charge is 1.94. The molecule has 1 aromatic rings. The van der Waals surface area contributed by atoms with Gasteiger partial charge >= 0.3 is 0 Å². The first-order chi connectivity index (χ1) is 6.36. The quantitative estimate of drug-likeness (QED) is 0.429. The number of alkyl halides is 1. The van der Waals surface area contributed by atoms with Crippen molar-refractivity contribution in [3.8, 4) is 0 Å². The standard InChI is InChI=1S/C10H13ClS2/c1-12-6-7-13-10-4-2-9(8-11)3-5-10/h2-5H,6-8H2,1H3. The fourth-order valence-corrected chi connectivity index (χ4v) is 2.66. The lowest BCUT2D eigenvalue weighted by Crippen LogP contribution is -1.83. The summed E-state index contributed by atoms with van der Waals surface area (Å²) in [7, 11) is 0. The van der Waals surface area contributed by atoms with Crippen LogP contribution in [0.5, 0.6) is 0 Å². The van der Waals surface area contributed by atoms with E-state index in [0.29, 0.717) is 5.88 Å². The number of hydrogen-bond donors (Lipinski definition) is 0. The summed E-state index contributed by atoms with van der Waals surface area (Å²) in [6.45, 7) is 0. The smallest absolute Gasteiger partial charge is 0.0474 e. The van der Waals surface area contributed by atoms with E-state index in [9.17, 15) is 0 Å². The highest BCUT2D eigenvalue weighted by molar-refractivity contribution is 8.02. The second kappa shape index (κ2) is 6.63. The Morgan fingerprint density at radius 1 is 1.15 bits per heavy atom. The van der Waals surface area contributed by atoms with Gasteiger partial charge in [0.2, 0.25) is 0 Å². The third kappa shape index (κ3) is 4.30. The SMILES string of the molecule is CSCCSc1ccc(CCl)cc1. The molecule has 0 spiro atoms. The Labute approximate surface area is 93.4 Å². The minimum atomic E-state index is 0.607. The molecule has 13 heavy (non-hydrogen) atoms. The van der Waals surface area contributed by atoms with Gasteiger partial charge in [-0.2, -0.15) is 11.8 Å². The lowest BCUT2D eigenvalue weighted by atomic mass is 10.2. The van der Waals surface area contributed by atoms with Crippen molar-refractivity contribution < 1.29 is 0 Å². The highest BCUT2D eigenvalue weighted by atomic mass is 35.5. The van der Waals surface area contributed by atoms with Crippen LogP contribution in [0.4, 0.5) is 0 Å². The van der Waals surface area contributed by atoms with Gasteiger partial charge in [0.1, 0.15) is 0 Å². The minimum absolute atomic E-state index is 0.607. The van der Waals surface area contributed by atoms with Crippen LogP contribution in [0.1, 0.15) is 5.56 Å². The van der Waals surface area contributed by atoms with Crippen LogP contribution in [0, 0.1) is 0 Å². The summed E-state index contributed by atoms with van der Waals surface area (Å²) in [5.41, 5.74) is 1.19. The Balaban J connectivity index is 2.40. The van der Waals surface area contributed by atoms with Crippen LogP contribution in [0.25, 0.3) is 0 Å². The van der Waals surface area contributed by atoms with Crippen molar-refractivity contribution in [2.75, 3.05) is 17.8 Å². The molecule has 1 rings (SSSR count). The van der Waals surface area contributed by atoms with Gasteiger partial charge in [-0.15, -0.1) is 23.4 Å². The molecule has 0 aliphatic carbocycles. The Bertz CT molecular complexity index is 233. The summed E-state index contributed by atoms with van der Waals surface area (Å²) in [5, 5.41) is 0. The molecule has 0 fully saturated rings. The van der Waals surface area contributed by atoms with E-state index in [0.717, 1.165) is 0 Å². The van der Waals surface area contributed by atoms with E-state index in [1.807, 2.05) is 23.5 Å². The molecule has 0 aliphatic rings. The molecule has 0 aliphatic heterocycles. The van der Waals surface area contributed by atoms with Crippen LogP contribution in [-0.4, -0.2) is 17.8 Å². The second-order valence-corrected chi connectivity index (χ2v) is 5.04. The van der Waals surface area contributed by atoms with Crippen molar-refractivity contribution in [1.82, 2.24) is 0 Å². The van der Waals surface area contributed by atoms with Crippen LogP contribution < -0.4 is 0 Å². The van der Waals surface area contributed by atoms with Crippen LogP contribution >= 0.6 is 35.1 Å². The monoisotopic (exact) mass is 232 g/mol. The fraction of sp³-hybridized carbons (Fsp3) is 0.400. The van der Waals surface area contributed by atoms with Crippen molar-refractivity contribution in [3.63, 3.8) is 0 Å². The summed E-state index contributed by atoms with van der Waals surface area (Å²) in [6.07, 6.45) is 2.14. The molecule has 0 saturated heterocycles. The Kier molecular flexibility index (Phi) is 5.76. The largest absolute Gasteiger partial charge is 0.165 e. The Morgan fingerprint density at radius 3 is 2.38 bits per heavy atom. The maximum Gasteiger partial charge on any atom is 0.0474 e. The third-order valence-electron chi connectivity index (χ3n) is 1.63. The van der Waals surface area contributed by atoms with Crippen LogP contribution in [0.2, 0.25) is 0 Å². The molecule has 72 valence electrons. The van der Waals surface area contributed by atoms with Crippen LogP contribution in [-0.2, 0) is 5.88 Å². The summed E-state index contributed by atoms with van der Waals surface area (Å²) in [5.74, 6) is 3.00. The molecule has 1 aromatic carbocycles. The van der Waals surface area contributed by atoms with Gasteiger partial charge in [-0.05, 0) is 24.0 Å². The molecule has 0 N–H and O–H groups in total. The summed E-state index contributed by atoms with van der Waals surface area (Å²) < 4.78 is 0. The second-order valence-electron chi connectivity index (χ2n) is 2.62. The molecule has 0 nitrogen and oxygen atoms in total. The average Bonchev–Trinajstić information content (AvgIpc) is 2.19. The van der Waals surface area contributed by atoms with Gasteiger partial charge in [0.15, 0.2) is 0 Å². The molecule has 0 atom stereocenters. The number of benzene rings is 1. The molecule has 0 amide bonds. The van der Waals surface area contributed by atoms with Gasteiger partial charge in [-0.1, -0.05) is 12.1 Å². The van der Waals surface area contributed by atoms with E-state index in [1.54, 1.807) is 0 Å². The number of thioether (sulfide) groups is 2. The van der Waals surface area contributed by atoms with E-state index >= 15 is 0 Å². The van der Waals surface area contributed by atoms with Crippen LogP contribution in [0.15, 0.2) is 29.2 Å². The lowest BCUT2D eigenvalue weighted by molar-refractivity contribution is 1.34. The number of hydrogen-bond acceptors (Lipinski definition) is 2. The molecular formula is C10H13ClS2. The normalized spacial score (nSPS) is 10.3. The molecule has 0 heterocycles. The van der Waals surface area contributed by atoms with Gasteiger partial charge < -0.3 is 0 Å². The summed E-state index contributed by atoms with van der Waals surface area (Å²) in [4.78, 5) is 1.34. The zero-order chi connectivity index (χ0) is 9.52. The Hall–Kier alpha value is 0.210. The predicted molar refractivity (Wildman–Crippen MR) is 65.1 cm³/mol. The van der Waals surface area contributed by atoms with Gasteiger partial charge in [-0.25, -0.2) is 0 Å². The molecule has 0 bridgehead atoms. The van der Waals surface area contributed by atoms with Gasteiger partial charge in [0.05, 0.1) is 0 Å². The van der Waals surface area contributed by atoms with E-state index in [1.165, 1.54) is 22.0 Å². The first kappa shape index (κ1) is 11.3. The van der Waals surface area contributed by atoms with Crippen LogP contribution in [0.3, 0.4) is 0 Å². The third-order valence-corrected chi connectivity index (χ3v) is 3.83. The average molecular weight is 233 g/mol. The van der Waals surface area contributed by atoms with Crippen molar-refractivity contribution >= 4 is 35.1 Å². The number of halogens is 1. The molecule has 0 aromatic heterocycles. The fourth-order valence-electron chi connectivity index (χ4n) is 0.918. The predicted octanol–water partition coefficient (Wildman–Crippen LogP) is 3.88. The molecule has 0 radical (unpaired) electrons. The van der Waals surface area contributed by atoms with Crippen molar-refractivity contribution in [1.29, 1.82) is 0 Å². The van der Waals surface area contributed by atoms with Crippen molar-refractivity contribution in [3.05, 3.63) is 29.8 Å². The molecule has 0 saturated carbocycles. The molecule has 3 heteroatoms. The maximum atomic E-state index is 5.70. The summed E-state index contributed by atoms with van der Waals surface area (Å²) >= 11 is 9.48. The van der Waals surface area contributed by atoms with Gasteiger partial charge in [0, 0.05) is 22.3 Å². The topological polar surface area (TPSA) is 0 Å². The van der Waals surface area contributed by atoms with E-state index < -0.39 is 0 Å². The van der Waals surface area contributed by atoms with Crippen molar-refractivity contribution in [2.45, 2.75) is 10.8 Å². The Morgan fingerprint density at radius 2 is 1.85 bits per heavy atom. The number of rotatable bonds is 5. The highest BCUT2D eigenvalue weighted by Crippen LogP contribution is 2.19. The summed E-state index contributed by atoms with van der Waals surface area (Å²) in [6, 6.07) is 8.47. The zero-order valence-corrected chi connectivity index (χ0v) is 10.0. The lowest BCUT2D eigenvalue weighted by Gasteiger charge is -2.00. The van der Waals surface area contributed by atoms with Crippen molar-refractivity contribution in [2.24, 2.45) is 0 Å². The maximum absolute atomic E-state index is 5.70.